The number of rotatable bonds is 6. The molecule has 5 nitrogen and oxygen atoms in total. The standard InChI is InChI=1S/C15H14Br2FNO4S/c1-2-23-14-4-3-11(5-9(14)8-20)19-24(21,22)15-12(16)6-10(18)7-13(15)17/h3-7,19-20H,2,8H2,1H3. The number of aliphatic hydroxyl groups excluding tert-OH is 1. The van der Waals surface area contributed by atoms with Gasteiger partial charge in [-0.2, -0.15) is 0 Å². The summed E-state index contributed by atoms with van der Waals surface area (Å²) in [5, 5.41) is 9.39. The van der Waals surface area contributed by atoms with E-state index in [0.717, 1.165) is 12.1 Å². The molecule has 0 saturated carbocycles. The van der Waals surface area contributed by atoms with Gasteiger partial charge in [0.25, 0.3) is 10.0 Å². The first kappa shape index (κ1) is 19.2. The predicted molar refractivity (Wildman–Crippen MR) is 96.1 cm³/mol. The lowest BCUT2D eigenvalue weighted by atomic mass is 10.2. The number of ether oxygens (including phenoxy) is 1. The summed E-state index contributed by atoms with van der Waals surface area (Å²) in [6, 6.07) is 6.70. The number of halogens is 3. The lowest BCUT2D eigenvalue weighted by Gasteiger charge is -2.14. The van der Waals surface area contributed by atoms with Gasteiger partial charge in [0.2, 0.25) is 0 Å². The van der Waals surface area contributed by atoms with Crippen LogP contribution in [0.4, 0.5) is 10.1 Å². The molecule has 0 bridgehead atoms. The quantitative estimate of drug-likeness (QED) is 0.651. The third-order valence-corrected chi connectivity index (χ3v) is 6.27. The topological polar surface area (TPSA) is 75.6 Å². The minimum absolute atomic E-state index is 0.0928. The van der Waals surface area contributed by atoms with Gasteiger partial charge in [0, 0.05) is 20.2 Å². The highest BCUT2D eigenvalue weighted by atomic mass is 79.9. The SMILES string of the molecule is CCOc1ccc(NS(=O)(=O)c2c(Br)cc(F)cc2Br)cc1CO. The summed E-state index contributed by atoms with van der Waals surface area (Å²) in [6.07, 6.45) is 0. The first-order valence-corrected chi connectivity index (χ1v) is 9.89. The summed E-state index contributed by atoms with van der Waals surface area (Å²) < 4.78 is 46.4. The van der Waals surface area contributed by atoms with Gasteiger partial charge >= 0.3 is 0 Å². The molecule has 9 heteroatoms. The minimum atomic E-state index is -3.97. The van der Waals surface area contributed by atoms with E-state index in [0.29, 0.717) is 17.9 Å². The molecule has 2 N–H and O–H groups in total. The summed E-state index contributed by atoms with van der Waals surface area (Å²) in [5.41, 5.74) is 0.708. The molecule has 0 atom stereocenters. The zero-order valence-electron chi connectivity index (χ0n) is 12.5. The van der Waals surface area contributed by atoms with Crippen LogP contribution in [0, 0.1) is 5.82 Å². The second-order valence-corrected chi connectivity index (χ2v) is 8.05. The molecule has 130 valence electrons. The van der Waals surface area contributed by atoms with Gasteiger partial charge in [-0.3, -0.25) is 4.72 Å². The fourth-order valence-corrected chi connectivity index (χ4v) is 5.63. The fourth-order valence-electron chi connectivity index (χ4n) is 2.05. The van der Waals surface area contributed by atoms with E-state index in [4.69, 9.17) is 4.74 Å². The van der Waals surface area contributed by atoms with Crippen LogP contribution in [0.2, 0.25) is 0 Å². The average Bonchev–Trinajstić information content (AvgIpc) is 2.47. The first-order valence-electron chi connectivity index (χ1n) is 6.82. The molecule has 0 aromatic heterocycles. The molecule has 0 radical (unpaired) electrons. The molecular weight excluding hydrogens is 469 g/mol. The second-order valence-electron chi connectivity index (χ2n) is 4.72. The summed E-state index contributed by atoms with van der Waals surface area (Å²) in [4.78, 5) is -0.122. The van der Waals surface area contributed by atoms with Gasteiger partial charge in [-0.15, -0.1) is 0 Å². The van der Waals surface area contributed by atoms with Crippen LogP contribution in [0.15, 0.2) is 44.2 Å². The Labute approximate surface area is 156 Å². The lowest BCUT2D eigenvalue weighted by molar-refractivity contribution is 0.267. The highest BCUT2D eigenvalue weighted by Gasteiger charge is 2.22. The van der Waals surface area contributed by atoms with E-state index >= 15 is 0 Å². The summed E-state index contributed by atoms with van der Waals surface area (Å²) in [6.45, 7) is 1.93. The van der Waals surface area contributed by atoms with Crippen molar-refractivity contribution < 1.29 is 22.7 Å². The van der Waals surface area contributed by atoms with E-state index in [9.17, 15) is 17.9 Å². The van der Waals surface area contributed by atoms with Gasteiger partial charge in [-0.25, -0.2) is 12.8 Å². The Hall–Kier alpha value is -1.16. The number of aliphatic hydroxyl groups is 1. The van der Waals surface area contributed by atoms with Gasteiger partial charge < -0.3 is 9.84 Å². The summed E-state index contributed by atoms with van der Waals surface area (Å²) in [7, 11) is -3.97. The van der Waals surface area contributed by atoms with Crippen LogP contribution in [-0.4, -0.2) is 20.1 Å². The summed E-state index contributed by atoms with van der Waals surface area (Å²) >= 11 is 6.12. The average molecular weight is 483 g/mol. The second kappa shape index (κ2) is 7.81. The molecule has 0 unspecified atom stereocenters. The molecule has 2 rings (SSSR count). The van der Waals surface area contributed by atoms with Crippen LogP contribution >= 0.6 is 31.9 Å². The van der Waals surface area contributed by atoms with E-state index in [-0.39, 0.29) is 26.1 Å². The Kier molecular flexibility index (Phi) is 6.24. The van der Waals surface area contributed by atoms with Gasteiger partial charge in [-0.05, 0) is 69.1 Å². The molecule has 0 aliphatic rings. The summed E-state index contributed by atoms with van der Waals surface area (Å²) in [5.74, 6) is -0.0941. The lowest BCUT2D eigenvalue weighted by Crippen LogP contribution is -2.15. The maximum atomic E-state index is 13.3. The number of benzene rings is 2. The van der Waals surface area contributed by atoms with E-state index in [1.54, 1.807) is 13.0 Å². The van der Waals surface area contributed by atoms with Crippen LogP contribution in [0.3, 0.4) is 0 Å². The Balaban J connectivity index is 2.40. The number of hydrogen-bond acceptors (Lipinski definition) is 4. The van der Waals surface area contributed by atoms with E-state index in [1.165, 1.54) is 12.1 Å². The van der Waals surface area contributed by atoms with Gasteiger partial charge in [-0.1, -0.05) is 0 Å². The smallest absolute Gasteiger partial charge is 0.264 e. The van der Waals surface area contributed by atoms with E-state index in [1.807, 2.05) is 0 Å². The Morgan fingerprint density at radius 2 is 1.83 bits per heavy atom. The molecule has 0 heterocycles. The normalized spacial score (nSPS) is 11.4. The highest BCUT2D eigenvalue weighted by Crippen LogP contribution is 2.33. The van der Waals surface area contributed by atoms with Crippen molar-refractivity contribution in [2.24, 2.45) is 0 Å². The Morgan fingerprint density at radius 1 is 1.21 bits per heavy atom. The number of sulfonamides is 1. The van der Waals surface area contributed by atoms with Crippen molar-refractivity contribution in [1.29, 1.82) is 0 Å². The first-order chi connectivity index (χ1) is 11.3. The zero-order chi connectivity index (χ0) is 17.9. The van der Waals surface area contributed by atoms with Crippen LogP contribution in [0.25, 0.3) is 0 Å². The van der Waals surface area contributed by atoms with E-state index in [2.05, 4.69) is 36.6 Å². The fraction of sp³-hybridized carbons (Fsp3) is 0.200. The monoisotopic (exact) mass is 481 g/mol. The van der Waals surface area contributed by atoms with Crippen molar-refractivity contribution >= 4 is 47.6 Å². The highest BCUT2D eigenvalue weighted by molar-refractivity contribution is 9.11. The molecule has 0 aliphatic heterocycles. The van der Waals surface area contributed by atoms with Crippen molar-refractivity contribution in [3.63, 3.8) is 0 Å². The van der Waals surface area contributed by atoms with E-state index < -0.39 is 15.8 Å². The van der Waals surface area contributed by atoms with Gasteiger partial charge in [0.15, 0.2) is 0 Å². The van der Waals surface area contributed by atoms with Crippen molar-refractivity contribution in [3.05, 3.63) is 50.7 Å². The zero-order valence-corrected chi connectivity index (χ0v) is 16.5. The van der Waals surface area contributed by atoms with Crippen molar-refractivity contribution in [3.8, 4) is 5.75 Å². The molecule has 24 heavy (non-hydrogen) atoms. The number of anilines is 1. The van der Waals surface area contributed by atoms with Crippen LogP contribution < -0.4 is 9.46 Å². The molecule has 2 aromatic carbocycles. The van der Waals surface area contributed by atoms with Crippen molar-refractivity contribution in [2.45, 2.75) is 18.4 Å². The maximum Gasteiger partial charge on any atom is 0.264 e. The number of hydrogen-bond donors (Lipinski definition) is 2. The third-order valence-electron chi connectivity index (χ3n) is 3.01. The molecule has 0 fully saturated rings. The van der Waals surface area contributed by atoms with Gasteiger partial charge in [0.1, 0.15) is 16.5 Å². The van der Waals surface area contributed by atoms with Crippen LogP contribution in [0.1, 0.15) is 12.5 Å². The van der Waals surface area contributed by atoms with Crippen LogP contribution in [-0.2, 0) is 16.6 Å². The third kappa shape index (κ3) is 4.27. The maximum absolute atomic E-state index is 13.3. The van der Waals surface area contributed by atoms with Crippen LogP contribution in [0.5, 0.6) is 5.75 Å². The molecule has 0 aliphatic carbocycles. The molecule has 0 spiro atoms. The Bertz CT molecular complexity index is 836. The molecule has 0 saturated heterocycles. The molecule has 0 amide bonds. The number of nitrogens with one attached hydrogen (secondary N) is 1. The largest absolute Gasteiger partial charge is 0.494 e. The van der Waals surface area contributed by atoms with Crippen molar-refractivity contribution in [2.75, 3.05) is 11.3 Å². The molecule has 2 aromatic rings. The molecular formula is C15H14Br2FNO4S. The predicted octanol–water partition coefficient (Wildman–Crippen LogP) is 4.04. The minimum Gasteiger partial charge on any atom is -0.494 e. The Morgan fingerprint density at radius 3 is 2.38 bits per heavy atom. The van der Waals surface area contributed by atoms with Crippen molar-refractivity contribution in [1.82, 2.24) is 0 Å². The van der Waals surface area contributed by atoms with Gasteiger partial charge in [0.05, 0.1) is 13.2 Å².